The van der Waals surface area contributed by atoms with E-state index in [1.54, 1.807) is 85.3 Å². The Morgan fingerprint density at radius 1 is 0.113 bits per heavy atom. The van der Waals surface area contributed by atoms with Crippen LogP contribution in [0.3, 0.4) is 0 Å². The fourth-order valence-electron chi connectivity index (χ4n) is 20.6. The van der Waals surface area contributed by atoms with Crippen molar-refractivity contribution in [1.29, 1.82) is 0 Å². The third kappa shape index (κ3) is 18.8. The summed E-state index contributed by atoms with van der Waals surface area (Å²) in [5.74, 6) is 8.85. The van der Waals surface area contributed by atoms with Crippen molar-refractivity contribution < 1.29 is 56.8 Å². The largest absolute Gasteiger partial charge is 0.497 e. The van der Waals surface area contributed by atoms with Crippen LogP contribution in [0, 0.1) is 0 Å². The Morgan fingerprint density at radius 3 is 0.313 bits per heavy atom. The van der Waals surface area contributed by atoms with Gasteiger partial charge in [0.25, 0.3) is 0 Å². The molecule has 150 heavy (non-hydrogen) atoms. The van der Waals surface area contributed by atoms with E-state index in [0.29, 0.717) is 0 Å². The highest BCUT2D eigenvalue weighted by atomic mass is 16.5. The number of ether oxygens (including phenoxy) is 12. The summed E-state index contributed by atoms with van der Waals surface area (Å²) < 4.78 is 70.1. The predicted octanol–water partition coefficient (Wildman–Crippen LogP) is 33.3. The van der Waals surface area contributed by atoms with Crippen LogP contribution in [0.4, 0.5) is 102 Å². The van der Waals surface area contributed by atoms with Gasteiger partial charge < -0.3 is 86.2 Å². The number of methoxy groups -OCH3 is 12. The van der Waals surface area contributed by atoms with Crippen molar-refractivity contribution in [3.8, 4) is 102 Å². The molecule has 0 spiro atoms. The van der Waals surface area contributed by atoms with Gasteiger partial charge in [-0.3, -0.25) is 0 Å². The highest BCUT2D eigenvalue weighted by Gasteiger charge is 2.34. The Labute approximate surface area is 874 Å². The van der Waals surface area contributed by atoms with Gasteiger partial charge in [-0.1, -0.05) is 36.4 Å². The summed E-state index contributed by atoms with van der Waals surface area (Å²) in [6, 6.07) is 147. The average Bonchev–Trinajstić information content (AvgIpc) is 1.59. The van der Waals surface area contributed by atoms with Crippen molar-refractivity contribution in [3.05, 3.63) is 469 Å². The number of fused-ring (bicyclic) bond motifs is 9. The second-order valence-electron chi connectivity index (χ2n) is 36.4. The molecule has 0 fully saturated rings. The molecular weight excluding hydrogens is 1860 g/mol. The molecule has 19 aromatic rings. The van der Waals surface area contributed by atoms with E-state index in [9.17, 15) is 0 Å². The van der Waals surface area contributed by atoms with E-state index in [0.717, 1.165) is 272 Å². The Hall–Kier alpha value is -19.2. The third-order valence-electron chi connectivity index (χ3n) is 28.1. The van der Waals surface area contributed by atoms with E-state index >= 15 is 0 Å². The molecule has 3 aliphatic carbocycles. The standard InChI is InChI=1S/C132H108N6O12/c1-139-106-43-13-88(14-44-106)133(89-15-45-107(140-2)46-16-89)100-37-67-118-119-68-38-101(134(90-17-47-108(141-3)48-18-90)91-19-49-109(142-4)50-20-91)80-128(119)124(127(118)79-100)76-85-73-86(77-125-129-81-102(135(92-21-51-110(143-5)52-22-92)93-23-53-111(144-6)54-24-93)39-69-120(129)121-70-40-103(82-130(121)125)136(94-25-55-112(145-7)56-26-94)95-27-57-113(146-8)58-28-95)75-87(74-85)78-126-131-83-104(137(96-29-59-114(147-9)60-30-96)97-31-61-115(148-10)62-32-97)41-71-122(131)123-72-42-105(84-132(123)126)138(98-33-63-116(149-11)64-34-98)99-35-65-117(150-12)66-36-99/h13-84H,1-12H3. The lowest BCUT2D eigenvalue weighted by Crippen LogP contribution is -2.10. The fourth-order valence-corrected chi connectivity index (χ4v) is 20.6. The molecule has 0 heterocycles. The molecule has 22 rings (SSSR count). The van der Waals surface area contributed by atoms with Gasteiger partial charge in [-0.25, -0.2) is 0 Å². The van der Waals surface area contributed by atoms with Crippen LogP contribution in [0.5, 0.6) is 69.0 Å². The average molecular weight is 1970 g/mol. The predicted molar refractivity (Wildman–Crippen MR) is 610 cm³/mol. The minimum absolute atomic E-state index is 0.737. The molecule has 0 saturated carbocycles. The first kappa shape index (κ1) is 95.6. The quantitative estimate of drug-likeness (QED) is 0.0386. The maximum absolute atomic E-state index is 5.84. The van der Waals surface area contributed by atoms with Gasteiger partial charge in [-0.2, -0.15) is 0 Å². The van der Waals surface area contributed by atoms with Crippen LogP contribution in [0.1, 0.15) is 50.1 Å². The van der Waals surface area contributed by atoms with E-state index in [1.807, 2.05) is 146 Å². The SMILES string of the molecule is COc1ccc(N(c2ccc(OC)cc2)c2ccc3c(c2)C(=Cc2cc(C=C4c5cc(N(c6ccc(OC)cc6)c6ccc(OC)cc6)ccc5-c5ccc(N(c6ccc(OC)cc6)c6ccc(OC)cc6)cc54)cc(C=C4c5cc(N(c6ccc(OC)cc6)c6ccc(OC)cc6)ccc5-c5ccc(N(c6ccc(OC)cc6)c6ccc(OC)cc6)cc54)c2)c2cc(N(c4ccc(OC)cc4)c4ccc(OC)cc4)ccc2-3)cc1. The van der Waals surface area contributed by atoms with Gasteiger partial charge in [0, 0.05) is 102 Å². The Kier molecular flexibility index (Phi) is 26.7. The van der Waals surface area contributed by atoms with Crippen LogP contribution in [0.25, 0.3) is 68.3 Å². The normalized spacial score (nSPS) is 11.6. The van der Waals surface area contributed by atoms with Crippen LogP contribution in [-0.4, -0.2) is 85.3 Å². The molecular formula is C132H108N6O12. The molecule has 18 heteroatoms. The monoisotopic (exact) mass is 1970 g/mol. The van der Waals surface area contributed by atoms with Gasteiger partial charge in [-0.05, 0) is 501 Å². The van der Waals surface area contributed by atoms with Crippen molar-refractivity contribution in [2.24, 2.45) is 0 Å². The summed E-state index contributed by atoms with van der Waals surface area (Å²) in [4.78, 5) is 13.8. The smallest absolute Gasteiger partial charge is 0.119 e. The first-order valence-corrected chi connectivity index (χ1v) is 49.4. The highest BCUT2D eigenvalue weighted by Crippen LogP contribution is 2.57. The molecule has 0 N–H and O–H groups in total. The second-order valence-corrected chi connectivity index (χ2v) is 36.4. The van der Waals surface area contributed by atoms with Crippen LogP contribution >= 0.6 is 0 Å². The summed E-state index contributed by atoms with van der Waals surface area (Å²) in [6.45, 7) is 0. The lowest BCUT2D eigenvalue weighted by Gasteiger charge is -2.26. The maximum atomic E-state index is 5.84. The van der Waals surface area contributed by atoms with Crippen molar-refractivity contribution in [2.45, 2.75) is 0 Å². The molecule has 0 saturated heterocycles. The van der Waals surface area contributed by atoms with Crippen molar-refractivity contribution in [3.63, 3.8) is 0 Å². The first-order chi connectivity index (χ1) is 73.7. The van der Waals surface area contributed by atoms with Crippen molar-refractivity contribution in [2.75, 3.05) is 115 Å². The lowest BCUT2D eigenvalue weighted by atomic mass is 9.94. The minimum atomic E-state index is 0.737. The zero-order valence-corrected chi connectivity index (χ0v) is 85.2. The van der Waals surface area contributed by atoms with Gasteiger partial charge in [0.1, 0.15) is 69.0 Å². The number of hydrogen-bond donors (Lipinski definition) is 0. The zero-order chi connectivity index (χ0) is 103. The van der Waals surface area contributed by atoms with Gasteiger partial charge in [0.2, 0.25) is 0 Å². The van der Waals surface area contributed by atoms with Crippen LogP contribution in [0.2, 0.25) is 0 Å². The Morgan fingerprint density at radius 2 is 0.213 bits per heavy atom. The molecule has 0 atom stereocenters. The number of benzene rings is 19. The number of nitrogens with zero attached hydrogens (tertiary/aromatic N) is 6. The molecule has 0 aromatic heterocycles. The first-order valence-electron chi connectivity index (χ1n) is 49.4. The summed E-state index contributed by atoms with van der Waals surface area (Å²) in [5.41, 5.74) is 34.8. The molecule has 0 aliphatic heterocycles. The highest BCUT2D eigenvalue weighted by molar-refractivity contribution is 6.13. The Balaban J connectivity index is 0.836. The van der Waals surface area contributed by atoms with Crippen LogP contribution in [-0.2, 0) is 0 Å². The number of anilines is 18. The van der Waals surface area contributed by atoms with E-state index in [-0.39, 0.29) is 0 Å². The lowest BCUT2D eigenvalue weighted by molar-refractivity contribution is 0.414. The summed E-state index contributed by atoms with van der Waals surface area (Å²) in [7, 11) is 20.4. The van der Waals surface area contributed by atoms with Crippen LogP contribution < -0.4 is 86.2 Å². The molecule has 0 radical (unpaired) electrons. The number of hydrogen-bond acceptors (Lipinski definition) is 18. The van der Waals surface area contributed by atoms with Gasteiger partial charge in [0.05, 0.1) is 85.3 Å². The molecule has 0 bridgehead atoms. The van der Waals surface area contributed by atoms with E-state index in [1.165, 1.54) is 0 Å². The van der Waals surface area contributed by atoms with E-state index < -0.39 is 0 Å². The fraction of sp³-hybridized carbons (Fsp3) is 0.0909. The molecule has 18 nitrogen and oxygen atoms in total. The van der Waals surface area contributed by atoms with Gasteiger partial charge in [-0.15, -0.1) is 0 Å². The Bertz CT molecular complexity index is 6750. The summed E-state index contributed by atoms with van der Waals surface area (Å²) in [6.07, 6.45) is 7.22. The van der Waals surface area contributed by atoms with E-state index in [4.69, 9.17) is 56.8 Å². The maximum Gasteiger partial charge on any atom is 0.119 e. The summed E-state index contributed by atoms with van der Waals surface area (Å²) >= 11 is 0. The van der Waals surface area contributed by atoms with Crippen molar-refractivity contribution in [1.82, 2.24) is 0 Å². The summed E-state index contributed by atoms with van der Waals surface area (Å²) in [5, 5.41) is 0. The topological polar surface area (TPSA) is 130 Å². The molecule has 738 valence electrons. The van der Waals surface area contributed by atoms with Crippen LogP contribution in [0.15, 0.2) is 419 Å². The molecule has 3 aliphatic rings. The molecule has 19 aromatic carbocycles. The molecule has 0 amide bonds. The minimum Gasteiger partial charge on any atom is -0.497 e. The number of rotatable bonds is 33. The molecule has 0 unspecified atom stereocenters. The van der Waals surface area contributed by atoms with E-state index in [2.05, 4.69) is 321 Å². The van der Waals surface area contributed by atoms with Gasteiger partial charge >= 0.3 is 0 Å². The third-order valence-corrected chi connectivity index (χ3v) is 28.1. The second kappa shape index (κ2) is 41.9. The zero-order valence-electron chi connectivity index (χ0n) is 85.2. The van der Waals surface area contributed by atoms with Gasteiger partial charge in [0.15, 0.2) is 0 Å². The van der Waals surface area contributed by atoms with Crippen molar-refractivity contribution >= 4 is 137 Å².